The molecule has 174 valence electrons. The predicted molar refractivity (Wildman–Crippen MR) is 128 cm³/mol. The van der Waals surface area contributed by atoms with Crippen LogP contribution in [0.4, 0.5) is 10.1 Å². The van der Waals surface area contributed by atoms with Crippen LogP contribution in [0, 0.1) is 5.82 Å². The minimum Gasteiger partial charge on any atom is -0.348 e. The van der Waals surface area contributed by atoms with Gasteiger partial charge in [0.25, 0.3) is 15.9 Å². The quantitative estimate of drug-likeness (QED) is 0.487. The van der Waals surface area contributed by atoms with Gasteiger partial charge in [-0.2, -0.15) is 0 Å². The molecule has 3 aromatic rings. The second-order valence-electron chi connectivity index (χ2n) is 8.10. The molecule has 6 nitrogen and oxygen atoms in total. The molecule has 0 unspecified atom stereocenters. The van der Waals surface area contributed by atoms with Crippen molar-refractivity contribution < 1.29 is 17.6 Å². The highest BCUT2D eigenvalue weighted by molar-refractivity contribution is 7.92. The van der Waals surface area contributed by atoms with E-state index in [1.165, 1.54) is 48.5 Å². The van der Waals surface area contributed by atoms with Crippen LogP contribution in [-0.2, 0) is 23.1 Å². The van der Waals surface area contributed by atoms with E-state index in [1.807, 2.05) is 24.3 Å². The number of halogens is 1. The van der Waals surface area contributed by atoms with Crippen molar-refractivity contribution >= 4 is 21.6 Å². The summed E-state index contributed by atoms with van der Waals surface area (Å²) in [7, 11) is -1.80. The lowest BCUT2D eigenvalue weighted by molar-refractivity contribution is 0.0950. The van der Waals surface area contributed by atoms with Crippen molar-refractivity contribution in [2.45, 2.75) is 37.9 Å². The van der Waals surface area contributed by atoms with Gasteiger partial charge >= 0.3 is 0 Å². The SMILES string of the molecule is CC(C)N(C)Cc1ccccc1CNC(=O)c1ccc(S(=O)(=O)Nc2ccc(F)cc2)cc1. The van der Waals surface area contributed by atoms with Crippen LogP contribution < -0.4 is 10.0 Å². The summed E-state index contributed by atoms with van der Waals surface area (Å²) in [5.41, 5.74) is 2.77. The summed E-state index contributed by atoms with van der Waals surface area (Å²) >= 11 is 0. The molecule has 0 heterocycles. The Morgan fingerprint density at radius 2 is 1.55 bits per heavy atom. The number of nitrogens with zero attached hydrogens (tertiary/aromatic N) is 1. The van der Waals surface area contributed by atoms with Gasteiger partial charge in [0.2, 0.25) is 0 Å². The van der Waals surface area contributed by atoms with Gasteiger partial charge in [0.1, 0.15) is 5.82 Å². The molecule has 0 spiro atoms. The number of sulfonamides is 1. The van der Waals surface area contributed by atoms with Crippen LogP contribution >= 0.6 is 0 Å². The van der Waals surface area contributed by atoms with E-state index in [9.17, 15) is 17.6 Å². The Bertz CT molecular complexity index is 1190. The van der Waals surface area contributed by atoms with Gasteiger partial charge in [-0.3, -0.25) is 14.4 Å². The second kappa shape index (κ2) is 10.6. The molecule has 3 rings (SSSR count). The monoisotopic (exact) mass is 469 g/mol. The molecule has 33 heavy (non-hydrogen) atoms. The number of carbonyl (C=O) groups is 1. The molecule has 0 aliphatic heterocycles. The topological polar surface area (TPSA) is 78.5 Å². The number of hydrogen-bond acceptors (Lipinski definition) is 4. The zero-order chi connectivity index (χ0) is 24.0. The Kier molecular flexibility index (Phi) is 7.84. The van der Waals surface area contributed by atoms with E-state index in [4.69, 9.17) is 0 Å². The highest BCUT2D eigenvalue weighted by Crippen LogP contribution is 2.18. The molecule has 3 aromatic carbocycles. The lowest BCUT2D eigenvalue weighted by atomic mass is 10.1. The smallest absolute Gasteiger partial charge is 0.261 e. The fourth-order valence-electron chi connectivity index (χ4n) is 3.13. The predicted octanol–water partition coefficient (Wildman–Crippen LogP) is 4.40. The second-order valence-corrected chi connectivity index (χ2v) is 9.78. The van der Waals surface area contributed by atoms with Crippen LogP contribution in [0.2, 0.25) is 0 Å². The first-order valence-corrected chi connectivity index (χ1v) is 12.1. The van der Waals surface area contributed by atoms with Gasteiger partial charge in [0, 0.05) is 30.4 Å². The van der Waals surface area contributed by atoms with Gasteiger partial charge in [0.15, 0.2) is 0 Å². The molecule has 1 amide bonds. The van der Waals surface area contributed by atoms with Crippen molar-refractivity contribution in [2.75, 3.05) is 11.8 Å². The zero-order valence-electron chi connectivity index (χ0n) is 18.9. The molecule has 0 bridgehead atoms. The van der Waals surface area contributed by atoms with Crippen LogP contribution in [0.25, 0.3) is 0 Å². The Morgan fingerprint density at radius 1 is 0.939 bits per heavy atom. The average molecular weight is 470 g/mol. The number of amides is 1. The van der Waals surface area contributed by atoms with Crippen LogP contribution in [0.1, 0.15) is 35.3 Å². The largest absolute Gasteiger partial charge is 0.348 e. The van der Waals surface area contributed by atoms with Crippen molar-refractivity contribution in [3.05, 3.63) is 95.3 Å². The third-order valence-corrected chi connectivity index (χ3v) is 6.78. The van der Waals surface area contributed by atoms with Gasteiger partial charge in [0.05, 0.1) is 4.90 Å². The Balaban J connectivity index is 1.65. The van der Waals surface area contributed by atoms with E-state index >= 15 is 0 Å². The number of hydrogen-bond donors (Lipinski definition) is 2. The standard InChI is InChI=1S/C25H28FN3O3S/c1-18(2)29(3)17-21-7-5-4-6-20(21)16-27-25(30)19-8-14-24(15-9-19)33(31,32)28-23-12-10-22(26)11-13-23/h4-15,18,28H,16-17H2,1-3H3,(H,27,30). The number of carbonyl (C=O) groups excluding carboxylic acids is 1. The van der Waals surface area contributed by atoms with Crippen molar-refractivity contribution in [1.29, 1.82) is 0 Å². The first-order valence-electron chi connectivity index (χ1n) is 10.6. The van der Waals surface area contributed by atoms with Gasteiger partial charge < -0.3 is 5.32 Å². The molecule has 0 atom stereocenters. The summed E-state index contributed by atoms with van der Waals surface area (Å²) in [5.74, 6) is -0.750. The lowest BCUT2D eigenvalue weighted by Crippen LogP contribution is -2.27. The van der Waals surface area contributed by atoms with E-state index < -0.39 is 15.8 Å². The summed E-state index contributed by atoms with van der Waals surface area (Å²) in [6.45, 7) is 5.40. The van der Waals surface area contributed by atoms with Crippen molar-refractivity contribution in [3.8, 4) is 0 Å². The summed E-state index contributed by atoms with van der Waals surface area (Å²) < 4.78 is 40.5. The van der Waals surface area contributed by atoms with Gasteiger partial charge in [-0.05, 0) is 80.6 Å². The van der Waals surface area contributed by atoms with Crippen molar-refractivity contribution in [3.63, 3.8) is 0 Å². The highest BCUT2D eigenvalue weighted by atomic mass is 32.2. The maximum absolute atomic E-state index is 13.0. The maximum atomic E-state index is 13.0. The molecule has 0 aromatic heterocycles. The molecule has 0 aliphatic rings. The summed E-state index contributed by atoms with van der Waals surface area (Å²) in [4.78, 5) is 14.8. The molecule has 0 fully saturated rings. The Labute approximate surface area is 194 Å². The van der Waals surface area contributed by atoms with Gasteiger partial charge in [-0.1, -0.05) is 24.3 Å². The molecule has 2 N–H and O–H groups in total. The lowest BCUT2D eigenvalue weighted by Gasteiger charge is -2.22. The number of benzene rings is 3. The third kappa shape index (κ3) is 6.63. The van der Waals surface area contributed by atoms with Gasteiger partial charge in [-0.25, -0.2) is 12.8 Å². The molecular weight excluding hydrogens is 441 g/mol. The van der Waals surface area contributed by atoms with E-state index in [0.29, 0.717) is 18.2 Å². The molecule has 0 saturated carbocycles. The third-order valence-electron chi connectivity index (χ3n) is 5.38. The van der Waals surface area contributed by atoms with Crippen molar-refractivity contribution in [1.82, 2.24) is 10.2 Å². The van der Waals surface area contributed by atoms with E-state index in [0.717, 1.165) is 17.7 Å². The molecule has 0 saturated heterocycles. The molecule has 0 radical (unpaired) electrons. The first kappa shape index (κ1) is 24.4. The van der Waals surface area contributed by atoms with Crippen LogP contribution in [-0.4, -0.2) is 32.3 Å². The first-order chi connectivity index (χ1) is 15.7. The van der Waals surface area contributed by atoms with E-state index in [-0.39, 0.29) is 16.5 Å². The zero-order valence-corrected chi connectivity index (χ0v) is 19.7. The summed E-state index contributed by atoms with van der Waals surface area (Å²) in [6.07, 6.45) is 0. The number of rotatable bonds is 9. The normalized spacial score (nSPS) is 11.6. The fourth-order valence-corrected chi connectivity index (χ4v) is 4.19. The maximum Gasteiger partial charge on any atom is 0.261 e. The molecular formula is C25H28FN3O3S. The minimum atomic E-state index is -3.86. The fraction of sp³-hybridized carbons (Fsp3) is 0.240. The Morgan fingerprint density at radius 3 is 2.15 bits per heavy atom. The van der Waals surface area contributed by atoms with Crippen LogP contribution in [0.15, 0.2) is 77.7 Å². The number of nitrogens with one attached hydrogen (secondary N) is 2. The Hall–Kier alpha value is -3.23. The van der Waals surface area contributed by atoms with Crippen molar-refractivity contribution in [2.24, 2.45) is 0 Å². The highest BCUT2D eigenvalue weighted by Gasteiger charge is 2.16. The minimum absolute atomic E-state index is 0.00504. The summed E-state index contributed by atoms with van der Waals surface area (Å²) in [6, 6.07) is 19.0. The van der Waals surface area contributed by atoms with Crippen LogP contribution in [0.5, 0.6) is 0 Å². The van der Waals surface area contributed by atoms with E-state index in [2.05, 4.69) is 35.8 Å². The van der Waals surface area contributed by atoms with E-state index in [1.54, 1.807) is 0 Å². The summed E-state index contributed by atoms with van der Waals surface area (Å²) in [5, 5.41) is 2.90. The van der Waals surface area contributed by atoms with Gasteiger partial charge in [-0.15, -0.1) is 0 Å². The van der Waals surface area contributed by atoms with Crippen LogP contribution in [0.3, 0.4) is 0 Å². The average Bonchev–Trinajstić information content (AvgIpc) is 2.79. The molecule has 8 heteroatoms. The molecule has 0 aliphatic carbocycles. The number of anilines is 1.